The van der Waals surface area contributed by atoms with E-state index in [-0.39, 0.29) is 0 Å². The molecule has 0 saturated heterocycles. The summed E-state index contributed by atoms with van der Waals surface area (Å²) in [5.41, 5.74) is 2.20. The molecule has 0 amide bonds. The minimum absolute atomic E-state index is 0.514. The molecule has 1 N–H and O–H groups in total. The van der Waals surface area contributed by atoms with Crippen LogP contribution >= 0.6 is 11.3 Å². The Labute approximate surface area is 122 Å². The molecule has 0 bridgehead atoms. The molecule has 1 heterocycles. The van der Waals surface area contributed by atoms with E-state index < -0.39 is 0 Å². The van der Waals surface area contributed by atoms with Crippen LogP contribution in [0.5, 0.6) is 5.75 Å². The Kier molecular flexibility index (Phi) is 3.95. The van der Waals surface area contributed by atoms with Crippen molar-refractivity contribution in [2.24, 2.45) is 0 Å². The lowest BCUT2D eigenvalue weighted by Gasteiger charge is -2.09. The third-order valence-electron chi connectivity index (χ3n) is 3.03. The quantitative estimate of drug-likeness (QED) is 0.777. The van der Waals surface area contributed by atoms with Gasteiger partial charge in [-0.1, -0.05) is 30.3 Å². The van der Waals surface area contributed by atoms with Gasteiger partial charge < -0.3 is 10.1 Å². The summed E-state index contributed by atoms with van der Waals surface area (Å²) in [5, 5.41) is 4.16. The minimum Gasteiger partial charge on any atom is -0.486 e. The highest BCUT2D eigenvalue weighted by molar-refractivity contribution is 7.18. The zero-order chi connectivity index (χ0) is 13.8. The fraction of sp³-hybridized carbons (Fsp3) is 0.188. The van der Waals surface area contributed by atoms with Crippen LogP contribution in [0.1, 0.15) is 10.6 Å². The van der Waals surface area contributed by atoms with Crippen molar-refractivity contribution < 1.29 is 4.74 Å². The smallest absolute Gasteiger partial charge is 0.140 e. The third kappa shape index (κ3) is 2.81. The zero-order valence-corrected chi connectivity index (χ0v) is 12.1. The second-order valence-corrected chi connectivity index (χ2v) is 5.62. The van der Waals surface area contributed by atoms with E-state index in [2.05, 4.69) is 22.4 Å². The molecule has 0 aliphatic heterocycles. The molecule has 3 nitrogen and oxygen atoms in total. The van der Waals surface area contributed by atoms with Crippen LogP contribution < -0.4 is 10.1 Å². The Morgan fingerprint density at radius 1 is 1.10 bits per heavy atom. The van der Waals surface area contributed by atoms with Crippen LogP contribution in [0.4, 0.5) is 0 Å². The van der Waals surface area contributed by atoms with Gasteiger partial charge in [-0.25, -0.2) is 4.98 Å². The first-order chi connectivity index (χ1) is 9.86. The van der Waals surface area contributed by atoms with E-state index in [0.29, 0.717) is 6.61 Å². The van der Waals surface area contributed by atoms with Gasteiger partial charge in [0, 0.05) is 12.1 Å². The number of rotatable bonds is 5. The first-order valence-corrected chi connectivity index (χ1v) is 7.38. The molecule has 3 aromatic rings. The number of hydrogen-bond donors (Lipinski definition) is 1. The summed E-state index contributed by atoms with van der Waals surface area (Å²) in [6.45, 7) is 1.32. The zero-order valence-electron chi connectivity index (χ0n) is 11.3. The maximum absolute atomic E-state index is 5.91. The van der Waals surface area contributed by atoms with Crippen LogP contribution in [-0.4, -0.2) is 12.0 Å². The Hall–Kier alpha value is -1.91. The molecule has 0 aliphatic rings. The Morgan fingerprint density at radius 2 is 1.90 bits per heavy atom. The van der Waals surface area contributed by atoms with Crippen molar-refractivity contribution in [2.75, 3.05) is 7.05 Å². The predicted octanol–water partition coefficient (Wildman–Crippen LogP) is 3.59. The van der Waals surface area contributed by atoms with Crippen LogP contribution in [0.3, 0.4) is 0 Å². The minimum atomic E-state index is 0.514. The van der Waals surface area contributed by atoms with E-state index in [4.69, 9.17) is 4.74 Å². The number of benzene rings is 2. The number of para-hydroxylation sites is 2. The summed E-state index contributed by atoms with van der Waals surface area (Å²) in [5.74, 6) is 0.918. The SMILES string of the molecule is CNCc1ccccc1OCc1nc2ccccc2s1. The van der Waals surface area contributed by atoms with Gasteiger partial charge in [-0.05, 0) is 25.2 Å². The summed E-state index contributed by atoms with van der Waals surface area (Å²) >= 11 is 1.68. The lowest BCUT2D eigenvalue weighted by molar-refractivity contribution is 0.302. The summed E-state index contributed by atoms with van der Waals surface area (Å²) in [6.07, 6.45) is 0. The van der Waals surface area contributed by atoms with Crippen molar-refractivity contribution in [2.45, 2.75) is 13.2 Å². The van der Waals surface area contributed by atoms with Gasteiger partial charge in [0.2, 0.25) is 0 Å². The van der Waals surface area contributed by atoms with Crippen LogP contribution in [0.2, 0.25) is 0 Å². The summed E-state index contributed by atoms with van der Waals surface area (Å²) in [7, 11) is 1.93. The number of thiazole rings is 1. The standard InChI is InChI=1S/C16H16N2OS/c1-17-10-12-6-2-4-8-14(12)19-11-16-18-13-7-3-5-9-15(13)20-16/h2-9,17H,10-11H2,1H3. The molecule has 0 unspecified atom stereocenters. The average Bonchev–Trinajstić information content (AvgIpc) is 2.89. The van der Waals surface area contributed by atoms with Crippen molar-refractivity contribution in [3.63, 3.8) is 0 Å². The second-order valence-electron chi connectivity index (χ2n) is 4.50. The summed E-state index contributed by atoms with van der Waals surface area (Å²) in [4.78, 5) is 4.58. The Bertz CT molecular complexity index is 675. The fourth-order valence-electron chi connectivity index (χ4n) is 2.10. The number of nitrogens with zero attached hydrogens (tertiary/aromatic N) is 1. The number of hydrogen-bond acceptors (Lipinski definition) is 4. The van der Waals surface area contributed by atoms with E-state index >= 15 is 0 Å². The monoisotopic (exact) mass is 284 g/mol. The molecule has 0 aliphatic carbocycles. The van der Waals surface area contributed by atoms with Crippen molar-refractivity contribution in [1.82, 2.24) is 10.3 Å². The molecule has 4 heteroatoms. The molecule has 2 aromatic carbocycles. The number of fused-ring (bicyclic) bond motifs is 1. The van der Waals surface area contributed by atoms with Crippen LogP contribution in [0.15, 0.2) is 48.5 Å². The van der Waals surface area contributed by atoms with E-state index in [1.54, 1.807) is 11.3 Å². The second kappa shape index (κ2) is 6.03. The fourth-order valence-corrected chi connectivity index (χ4v) is 2.98. The molecular formula is C16H16N2OS. The van der Waals surface area contributed by atoms with Crippen molar-refractivity contribution >= 4 is 21.6 Å². The van der Waals surface area contributed by atoms with Crippen molar-refractivity contribution in [1.29, 1.82) is 0 Å². The summed E-state index contributed by atoms with van der Waals surface area (Å²) < 4.78 is 7.12. The highest BCUT2D eigenvalue weighted by Crippen LogP contribution is 2.24. The van der Waals surface area contributed by atoms with Gasteiger partial charge in [0.25, 0.3) is 0 Å². The highest BCUT2D eigenvalue weighted by Gasteiger charge is 2.06. The normalized spacial score (nSPS) is 10.8. The highest BCUT2D eigenvalue weighted by atomic mass is 32.1. The maximum Gasteiger partial charge on any atom is 0.140 e. The first kappa shape index (κ1) is 13.1. The lowest BCUT2D eigenvalue weighted by Crippen LogP contribution is -2.07. The lowest BCUT2D eigenvalue weighted by atomic mass is 10.2. The average molecular weight is 284 g/mol. The molecule has 0 atom stereocenters. The van der Waals surface area contributed by atoms with Gasteiger partial charge in [0.05, 0.1) is 10.2 Å². The predicted molar refractivity (Wildman–Crippen MR) is 83.2 cm³/mol. The topological polar surface area (TPSA) is 34.1 Å². The number of nitrogens with one attached hydrogen (secondary N) is 1. The Balaban J connectivity index is 1.76. The molecule has 0 saturated carbocycles. The molecular weight excluding hydrogens is 268 g/mol. The van der Waals surface area contributed by atoms with Crippen LogP contribution in [0.25, 0.3) is 10.2 Å². The van der Waals surface area contributed by atoms with Gasteiger partial charge >= 0.3 is 0 Å². The van der Waals surface area contributed by atoms with Crippen molar-refractivity contribution in [3.05, 3.63) is 59.1 Å². The van der Waals surface area contributed by atoms with E-state index in [0.717, 1.165) is 28.4 Å². The maximum atomic E-state index is 5.91. The van der Waals surface area contributed by atoms with Gasteiger partial charge in [-0.15, -0.1) is 11.3 Å². The molecule has 3 rings (SSSR count). The van der Waals surface area contributed by atoms with Gasteiger partial charge in [-0.3, -0.25) is 0 Å². The van der Waals surface area contributed by atoms with Gasteiger partial charge in [0.15, 0.2) is 0 Å². The molecule has 20 heavy (non-hydrogen) atoms. The first-order valence-electron chi connectivity index (χ1n) is 6.56. The van der Waals surface area contributed by atoms with Gasteiger partial charge in [-0.2, -0.15) is 0 Å². The molecule has 0 fully saturated rings. The third-order valence-corrected chi connectivity index (χ3v) is 4.04. The molecule has 102 valence electrons. The van der Waals surface area contributed by atoms with Crippen LogP contribution in [-0.2, 0) is 13.2 Å². The largest absolute Gasteiger partial charge is 0.486 e. The van der Waals surface area contributed by atoms with E-state index in [1.165, 1.54) is 4.70 Å². The van der Waals surface area contributed by atoms with E-state index in [1.807, 2.05) is 43.4 Å². The van der Waals surface area contributed by atoms with Crippen LogP contribution in [0, 0.1) is 0 Å². The molecule has 1 aromatic heterocycles. The molecule has 0 spiro atoms. The van der Waals surface area contributed by atoms with Gasteiger partial charge in [0.1, 0.15) is 17.4 Å². The number of aromatic nitrogens is 1. The molecule has 0 radical (unpaired) electrons. The van der Waals surface area contributed by atoms with E-state index in [9.17, 15) is 0 Å². The summed E-state index contributed by atoms with van der Waals surface area (Å²) in [6, 6.07) is 16.3. The number of ether oxygens (including phenoxy) is 1. The van der Waals surface area contributed by atoms with Crippen molar-refractivity contribution in [3.8, 4) is 5.75 Å². The Morgan fingerprint density at radius 3 is 2.75 bits per heavy atom.